The molecule has 0 saturated heterocycles. The molecule has 0 aliphatic heterocycles. The van der Waals surface area contributed by atoms with Gasteiger partial charge in [0.05, 0.1) is 0 Å². The highest BCUT2D eigenvalue weighted by Crippen LogP contribution is 2.11. The lowest BCUT2D eigenvalue weighted by molar-refractivity contribution is -0.137. The van der Waals surface area contributed by atoms with Crippen molar-refractivity contribution in [3.8, 4) is 0 Å². The van der Waals surface area contributed by atoms with E-state index in [4.69, 9.17) is 15.6 Å². The molecular weight excluding hydrogens is 266 g/mol. The quantitative estimate of drug-likeness (QED) is 0.730. The largest absolute Gasteiger partial charge is 0.519 e. The van der Waals surface area contributed by atoms with Crippen LogP contribution in [0.2, 0.25) is 0 Å². The van der Waals surface area contributed by atoms with E-state index in [1.165, 1.54) is 6.92 Å². The Morgan fingerprint density at radius 1 is 1.50 bits per heavy atom. The van der Waals surface area contributed by atoms with Crippen molar-refractivity contribution in [2.45, 2.75) is 19.6 Å². The number of nitrogens with two attached hydrogens (primary N) is 1. The lowest BCUT2D eigenvalue weighted by atomic mass is 10.4. The van der Waals surface area contributed by atoms with Crippen LogP contribution in [0.4, 0.5) is 4.79 Å². The minimum atomic E-state index is -1.20. The van der Waals surface area contributed by atoms with Gasteiger partial charge in [-0.1, -0.05) is 0 Å². The van der Waals surface area contributed by atoms with E-state index < -0.39 is 23.1 Å². The molecule has 18 heavy (non-hydrogen) atoms. The van der Waals surface area contributed by atoms with Gasteiger partial charge in [-0.2, -0.15) is 0 Å². The number of carbonyl (C=O) groups is 2. The minimum Gasteiger partial charge on any atom is -0.480 e. The van der Waals surface area contributed by atoms with Crippen molar-refractivity contribution >= 4 is 23.0 Å². The molecule has 0 fully saturated rings. The number of hydrogen-bond donors (Lipinski definition) is 2. The molecule has 9 heteroatoms. The van der Waals surface area contributed by atoms with Gasteiger partial charge >= 0.3 is 17.1 Å². The van der Waals surface area contributed by atoms with Crippen molar-refractivity contribution in [1.82, 2.24) is 0 Å². The van der Waals surface area contributed by atoms with E-state index in [1.807, 2.05) is 0 Å². The molecule has 0 aliphatic carbocycles. The van der Waals surface area contributed by atoms with Crippen LogP contribution >= 0.6 is 11.8 Å². The molecule has 0 aliphatic rings. The predicted molar refractivity (Wildman–Crippen MR) is 60.2 cm³/mol. The number of ether oxygens (including phenoxy) is 1. The zero-order chi connectivity index (χ0) is 13.7. The molecule has 3 N–H and O–H groups in total. The fraction of sp³-hybridized carbons (Fsp3) is 0.444. The van der Waals surface area contributed by atoms with E-state index >= 15 is 0 Å². The monoisotopic (exact) mass is 277 g/mol. The molecule has 0 spiro atoms. The first-order valence-corrected chi connectivity index (χ1v) is 5.76. The van der Waals surface area contributed by atoms with Crippen molar-refractivity contribution in [3.63, 3.8) is 0 Å². The van der Waals surface area contributed by atoms with Gasteiger partial charge < -0.3 is 24.4 Å². The molecule has 1 atom stereocenters. The molecule has 1 heterocycles. The maximum absolute atomic E-state index is 11.2. The van der Waals surface area contributed by atoms with Crippen molar-refractivity contribution < 1.29 is 28.3 Å². The van der Waals surface area contributed by atoms with Crippen LogP contribution in [-0.2, 0) is 16.1 Å². The fourth-order valence-electron chi connectivity index (χ4n) is 0.902. The number of carboxylic acid groups (broad SMARTS) is 1. The van der Waals surface area contributed by atoms with Crippen LogP contribution in [0.25, 0.3) is 0 Å². The molecule has 0 unspecified atom stereocenters. The minimum absolute atomic E-state index is 0.108. The molecule has 100 valence electrons. The highest BCUT2D eigenvalue weighted by Gasteiger charge is 2.16. The van der Waals surface area contributed by atoms with Gasteiger partial charge in [0.15, 0.2) is 18.1 Å². The molecule has 0 bridgehead atoms. The highest BCUT2D eigenvalue weighted by molar-refractivity contribution is 8.13. The molecule has 1 rings (SSSR count). The number of hydrogen-bond acceptors (Lipinski definition) is 8. The average molecular weight is 277 g/mol. The molecular formula is C9H11NO7S. The number of carbonyl (C=O) groups excluding carboxylic acids is 1. The van der Waals surface area contributed by atoms with Crippen molar-refractivity contribution in [2.75, 3.05) is 5.75 Å². The van der Waals surface area contributed by atoms with E-state index in [0.717, 1.165) is 0 Å². The second-order valence-electron chi connectivity index (χ2n) is 3.23. The SMILES string of the molecule is Cc1oc(=O)oc1COC(=O)SC[C@H](N)C(=O)O. The number of aliphatic carboxylic acids is 1. The third-order valence-electron chi connectivity index (χ3n) is 1.85. The maximum Gasteiger partial charge on any atom is 0.519 e. The first kappa shape index (κ1) is 14.3. The van der Waals surface area contributed by atoms with Gasteiger partial charge in [0, 0.05) is 5.75 Å². The average Bonchev–Trinajstić information content (AvgIpc) is 2.61. The van der Waals surface area contributed by atoms with Crippen LogP contribution in [0.15, 0.2) is 13.6 Å². The topological polar surface area (TPSA) is 133 Å². The number of rotatable bonds is 5. The summed E-state index contributed by atoms with van der Waals surface area (Å²) >= 11 is 0.627. The van der Waals surface area contributed by atoms with Crippen molar-refractivity contribution in [1.29, 1.82) is 0 Å². The Kier molecular flexibility index (Phi) is 4.98. The number of aryl methyl sites for hydroxylation is 1. The van der Waals surface area contributed by atoms with Crippen molar-refractivity contribution in [3.05, 3.63) is 22.1 Å². The summed E-state index contributed by atoms with van der Waals surface area (Å²) in [7, 11) is 0. The van der Waals surface area contributed by atoms with Crippen LogP contribution in [0.1, 0.15) is 11.5 Å². The Morgan fingerprint density at radius 2 is 2.17 bits per heavy atom. The van der Waals surface area contributed by atoms with E-state index in [0.29, 0.717) is 11.8 Å². The smallest absolute Gasteiger partial charge is 0.480 e. The summed E-state index contributed by atoms with van der Waals surface area (Å²) < 4.78 is 13.9. The Bertz CT molecular complexity index is 491. The fourth-order valence-corrected chi connectivity index (χ4v) is 1.50. The molecule has 1 aromatic heterocycles. The first-order chi connectivity index (χ1) is 8.40. The molecule has 0 amide bonds. The van der Waals surface area contributed by atoms with Gasteiger partial charge in [-0.25, -0.2) is 9.59 Å². The van der Waals surface area contributed by atoms with Crippen LogP contribution in [0, 0.1) is 6.92 Å². The lowest BCUT2D eigenvalue weighted by Crippen LogP contribution is -2.32. The Labute approximate surface area is 105 Å². The lowest BCUT2D eigenvalue weighted by Gasteiger charge is -2.05. The molecule has 1 aromatic rings. The Morgan fingerprint density at radius 3 is 2.67 bits per heavy atom. The van der Waals surface area contributed by atoms with Gasteiger partial charge in [0.2, 0.25) is 0 Å². The summed E-state index contributed by atoms with van der Waals surface area (Å²) in [6, 6.07) is -1.14. The van der Waals surface area contributed by atoms with E-state index in [-0.39, 0.29) is 23.9 Å². The molecule has 0 radical (unpaired) electrons. The van der Waals surface area contributed by atoms with E-state index in [2.05, 4.69) is 8.83 Å². The third-order valence-corrected chi connectivity index (χ3v) is 2.73. The normalized spacial score (nSPS) is 12.1. The zero-order valence-corrected chi connectivity index (χ0v) is 10.2. The second-order valence-corrected chi connectivity index (χ2v) is 4.18. The van der Waals surface area contributed by atoms with Crippen molar-refractivity contribution in [2.24, 2.45) is 5.73 Å². The summed E-state index contributed by atoms with van der Waals surface area (Å²) in [5.41, 5.74) is 5.20. The molecule has 8 nitrogen and oxygen atoms in total. The first-order valence-electron chi connectivity index (χ1n) is 4.77. The van der Waals surface area contributed by atoms with Gasteiger partial charge in [-0.15, -0.1) is 0 Å². The standard InChI is InChI=1S/C9H11NO7S/c1-4-6(17-8(13)16-4)2-15-9(14)18-3-5(10)7(11)12/h5H,2-3,10H2,1H3,(H,11,12)/t5-/m0/s1. The van der Waals surface area contributed by atoms with Crippen LogP contribution in [0.3, 0.4) is 0 Å². The summed E-state index contributed by atoms with van der Waals surface area (Å²) in [5.74, 6) is -1.86. The maximum atomic E-state index is 11.2. The van der Waals surface area contributed by atoms with Gasteiger partial charge in [-0.05, 0) is 18.7 Å². The Balaban J connectivity index is 2.36. The summed E-state index contributed by atoms with van der Waals surface area (Å²) in [5, 5.41) is 7.78. The summed E-state index contributed by atoms with van der Waals surface area (Å²) in [6.45, 7) is 1.23. The number of thioether (sulfide) groups is 1. The molecule has 0 saturated carbocycles. The van der Waals surface area contributed by atoms with Gasteiger partial charge in [0.25, 0.3) is 0 Å². The highest BCUT2D eigenvalue weighted by atomic mass is 32.2. The zero-order valence-electron chi connectivity index (χ0n) is 9.37. The summed E-state index contributed by atoms with van der Waals surface area (Å²) in [4.78, 5) is 32.3. The summed E-state index contributed by atoms with van der Waals surface area (Å²) in [6.07, 6.45) is 0. The van der Waals surface area contributed by atoms with Crippen LogP contribution < -0.4 is 11.6 Å². The predicted octanol–water partition coefficient (Wildman–Crippen LogP) is 0.323. The van der Waals surface area contributed by atoms with Crippen LogP contribution in [0.5, 0.6) is 0 Å². The number of carboxylic acids is 1. The van der Waals surface area contributed by atoms with Crippen LogP contribution in [-0.4, -0.2) is 28.2 Å². The van der Waals surface area contributed by atoms with Gasteiger partial charge in [-0.3, -0.25) is 4.79 Å². The molecule has 0 aromatic carbocycles. The van der Waals surface area contributed by atoms with E-state index in [1.54, 1.807) is 0 Å². The van der Waals surface area contributed by atoms with E-state index in [9.17, 15) is 14.4 Å². The third kappa shape index (κ3) is 4.26. The van der Waals surface area contributed by atoms with Gasteiger partial charge in [0.1, 0.15) is 6.04 Å². The second kappa shape index (κ2) is 6.26. The Hall–Kier alpha value is -1.74.